The van der Waals surface area contributed by atoms with Crippen molar-refractivity contribution in [1.29, 1.82) is 0 Å². The zero-order valence-corrected chi connectivity index (χ0v) is 10.3. The molecular weight excluding hydrogens is 215 g/mol. The van der Waals surface area contributed by atoms with E-state index in [1.54, 1.807) is 0 Å². The summed E-state index contributed by atoms with van der Waals surface area (Å²) in [6.07, 6.45) is 0. The van der Waals surface area contributed by atoms with Gasteiger partial charge in [-0.05, 0) is 0 Å². The molecular formula is C14H15OP. The van der Waals surface area contributed by atoms with Crippen molar-refractivity contribution >= 4 is 23.9 Å². The summed E-state index contributed by atoms with van der Waals surface area (Å²) in [4.78, 5) is 11.5. The SMILES string of the molecule is C[PH](C=O)(c1ccccc1)c1ccccc1. The summed E-state index contributed by atoms with van der Waals surface area (Å²) >= 11 is 0. The first kappa shape index (κ1) is 11.0. The Bertz CT molecular complexity index is 425. The van der Waals surface area contributed by atoms with Crippen LogP contribution in [0.4, 0.5) is 0 Å². The molecule has 2 heteroatoms. The third-order valence-electron chi connectivity index (χ3n) is 2.98. The molecule has 0 aliphatic heterocycles. The Balaban J connectivity index is 2.53. The molecule has 0 heterocycles. The molecule has 2 aromatic rings. The molecule has 0 atom stereocenters. The van der Waals surface area contributed by atoms with Gasteiger partial charge in [0, 0.05) is 0 Å². The van der Waals surface area contributed by atoms with Crippen molar-refractivity contribution in [2.75, 3.05) is 6.66 Å². The van der Waals surface area contributed by atoms with Crippen LogP contribution in [0.1, 0.15) is 0 Å². The van der Waals surface area contributed by atoms with Gasteiger partial charge in [0.15, 0.2) is 0 Å². The molecule has 0 aromatic heterocycles. The van der Waals surface area contributed by atoms with Gasteiger partial charge in [0.2, 0.25) is 0 Å². The summed E-state index contributed by atoms with van der Waals surface area (Å²) in [7, 11) is -2.16. The van der Waals surface area contributed by atoms with Gasteiger partial charge in [0.05, 0.1) is 0 Å². The topological polar surface area (TPSA) is 17.1 Å². The second-order valence-electron chi connectivity index (χ2n) is 4.05. The van der Waals surface area contributed by atoms with Crippen LogP contribution >= 0.6 is 7.26 Å². The second kappa shape index (κ2) is 4.59. The van der Waals surface area contributed by atoms with E-state index in [-0.39, 0.29) is 0 Å². The molecule has 1 nitrogen and oxygen atoms in total. The zero-order valence-electron chi connectivity index (χ0n) is 9.26. The van der Waals surface area contributed by atoms with Crippen LogP contribution in [0.5, 0.6) is 0 Å². The summed E-state index contributed by atoms with van der Waals surface area (Å²) in [6.45, 7) is 2.09. The molecule has 0 radical (unpaired) electrons. The predicted molar refractivity (Wildman–Crippen MR) is 73.1 cm³/mol. The average Bonchev–Trinajstić information content (AvgIpc) is 2.40. The van der Waals surface area contributed by atoms with Gasteiger partial charge in [-0.25, -0.2) is 0 Å². The van der Waals surface area contributed by atoms with E-state index in [1.807, 2.05) is 60.7 Å². The van der Waals surface area contributed by atoms with Crippen LogP contribution < -0.4 is 10.6 Å². The Kier molecular flexibility index (Phi) is 3.17. The van der Waals surface area contributed by atoms with E-state index in [0.29, 0.717) is 0 Å². The summed E-state index contributed by atoms with van der Waals surface area (Å²) < 4.78 is 0. The summed E-state index contributed by atoms with van der Waals surface area (Å²) in [5.74, 6) is 0. The molecule has 16 heavy (non-hydrogen) atoms. The number of hydrogen-bond donors (Lipinski definition) is 0. The van der Waals surface area contributed by atoms with Gasteiger partial charge < -0.3 is 0 Å². The summed E-state index contributed by atoms with van der Waals surface area (Å²) in [5, 5.41) is 2.33. The second-order valence-corrected chi connectivity index (χ2v) is 7.85. The van der Waals surface area contributed by atoms with Gasteiger partial charge in [-0.2, -0.15) is 0 Å². The standard InChI is InChI=1S/C14H15OP/c1-16(12-15,13-8-4-2-5-9-13)14-10-6-3-7-11-14/h2-12,16H,1H3. The number of benzene rings is 2. The van der Waals surface area contributed by atoms with E-state index in [1.165, 1.54) is 0 Å². The number of rotatable bonds is 3. The van der Waals surface area contributed by atoms with E-state index in [9.17, 15) is 4.79 Å². The first-order chi connectivity index (χ1) is 7.77. The van der Waals surface area contributed by atoms with Gasteiger partial charge >= 0.3 is 96.0 Å². The van der Waals surface area contributed by atoms with Crippen molar-refractivity contribution in [3.8, 4) is 0 Å². The van der Waals surface area contributed by atoms with Crippen molar-refractivity contribution in [1.82, 2.24) is 0 Å². The fourth-order valence-electron chi connectivity index (χ4n) is 1.87. The minimum atomic E-state index is -2.16. The van der Waals surface area contributed by atoms with E-state index >= 15 is 0 Å². The molecule has 0 aliphatic carbocycles. The molecule has 0 saturated carbocycles. The summed E-state index contributed by atoms with van der Waals surface area (Å²) in [6, 6.07) is 21.3. The first-order valence-electron chi connectivity index (χ1n) is 5.35. The fourth-order valence-corrected chi connectivity index (χ4v) is 4.25. The van der Waals surface area contributed by atoms with Crippen LogP contribution in [0, 0.1) is 0 Å². The number of carbonyl (C=O) groups is 1. The molecule has 0 spiro atoms. The third-order valence-corrected chi connectivity index (χ3v) is 6.52. The Hall–Kier alpha value is -1.46. The van der Waals surface area contributed by atoms with Gasteiger partial charge in [-0.3, -0.25) is 0 Å². The van der Waals surface area contributed by atoms with E-state index < -0.39 is 7.26 Å². The Morgan fingerprint density at radius 2 is 1.19 bits per heavy atom. The number of hydrogen-bond acceptors (Lipinski definition) is 1. The molecule has 2 rings (SSSR count). The van der Waals surface area contributed by atoms with Gasteiger partial charge in [0.25, 0.3) is 0 Å². The monoisotopic (exact) mass is 230 g/mol. The first-order valence-corrected chi connectivity index (χ1v) is 7.92. The Labute approximate surface area is 96.5 Å². The van der Waals surface area contributed by atoms with Crippen LogP contribution in [0.15, 0.2) is 60.7 Å². The van der Waals surface area contributed by atoms with Gasteiger partial charge in [-0.15, -0.1) is 0 Å². The van der Waals surface area contributed by atoms with Crippen molar-refractivity contribution in [3.63, 3.8) is 0 Å². The van der Waals surface area contributed by atoms with Gasteiger partial charge in [-0.1, -0.05) is 0 Å². The maximum absolute atomic E-state index is 11.5. The van der Waals surface area contributed by atoms with Crippen molar-refractivity contribution < 1.29 is 4.79 Å². The molecule has 0 fully saturated rings. The van der Waals surface area contributed by atoms with Crippen LogP contribution in [-0.4, -0.2) is 12.7 Å². The van der Waals surface area contributed by atoms with Crippen LogP contribution in [-0.2, 0) is 4.79 Å². The quantitative estimate of drug-likeness (QED) is 0.583. The molecule has 82 valence electrons. The zero-order chi connectivity index (χ0) is 11.4. The molecule has 0 bridgehead atoms. The summed E-state index contributed by atoms with van der Waals surface area (Å²) in [5.41, 5.74) is 0. The van der Waals surface area contributed by atoms with Crippen molar-refractivity contribution in [2.24, 2.45) is 0 Å². The van der Waals surface area contributed by atoms with Gasteiger partial charge in [0.1, 0.15) is 0 Å². The number of carbonyl (C=O) groups excluding carboxylic acids is 1. The predicted octanol–water partition coefficient (Wildman–Crippen LogP) is 2.21. The van der Waals surface area contributed by atoms with Crippen molar-refractivity contribution in [3.05, 3.63) is 60.7 Å². The third kappa shape index (κ3) is 1.91. The average molecular weight is 230 g/mol. The minimum absolute atomic E-state index is 1.15. The Morgan fingerprint density at radius 3 is 1.50 bits per heavy atom. The van der Waals surface area contributed by atoms with Crippen molar-refractivity contribution in [2.45, 2.75) is 0 Å². The fraction of sp³-hybridized carbons (Fsp3) is 0.0714. The van der Waals surface area contributed by atoms with E-state index in [0.717, 1.165) is 16.6 Å². The van der Waals surface area contributed by atoms with E-state index in [2.05, 4.69) is 6.66 Å². The van der Waals surface area contributed by atoms with Crippen LogP contribution in [0.25, 0.3) is 0 Å². The van der Waals surface area contributed by atoms with Crippen LogP contribution in [0.2, 0.25) is 0 Å². The normalized spacial score (nSPS) is 12.1. The maximum atomic E-state index is 11.5. The molecule has 0 unspecified atom stereocenters. The van der Waals surface area contributed by atoms with Crippen LogP contribution in [0.3, 0.4) is 0 Å². The molecule has 0 amide bonds. The molecule has 0 N–H and O–H groups in total. The Morgan fingerprint density at radius 1 is 0.812 bits per heavy atom. The van der Waals surface area contributed by atoms with E-state index in [4.69, 9.17) is 0 Å². The molecule has 2 aromatic carbocycles. The molecule has 0 aliphatic rings. The molecule has 0 saturated heterocycles.